The van der Waals surface area contributed by atoms with Crippen LogP contribution in [0.5, 0.6) is 0 Å². The normalized spacial score (nSPS) is 20.7. The summed E-state index contributed by atoms with van der Waals surface area (Å²) in [6.45, 7) is 2.13. The average Bonchev–Trinajstić information content (AvgIpc) is 2.54. The first kappa shape index (κ1) is 19.4. The van der Waals surface area contributed by atoms with E-state index in [0.717, 1.165) is 12.1 Å². The number of rotatable bonds is 7. The van der Waals surface area contributed by atoms with E-state index in [-0.39, 0.29) is 25.5 Å². The number of methoxy groups -OCH3 is 1. The highest BCUT2D eigenvalue weighted by Gasteiger charge is 2.40. The summed E-state index contributed by atoms with van der Waals surface area (Å²) in [4.78, 5) is 28.0. The van der Waals surface area contributed by atoms with Gasteiger partial charge in [0.2, 0.25) is 5.91 Å². The Morgan fingerprint density at radius 3 is 2.56 bits per heavy atom. The van der Waals surface area contributed by atoms with Crippen LogP contribution in [0.1, 0.15) is 22.3 Å². The predicted molar refractivity (Wildman–Crippen MR) is 94.1 cm³/mol. The lowest BCUT2D eigenvalue weighted by Gasteiger charge is -2.41. The van der Waals surface area contributed by atoms with Crippen LogP contribution in [0.4, 0.5) is 0 Å². The summed E-state index contributed by atoms with van der Waals surface area (Å²) < 4.78 is 11.0. The van der Waals surface area contributed by atoms with E-state index in [9.17, 15) is 9.59 Å². The van der Waals surface area contributed by atoms with E-state index >= 15 is 0 Å². The van der Waals surface area contributed by atoms with Gasteiger partial charge < -0.3 is 25.0 Å². The first-order valence-corrected chi connectivity index (χ1v) is 8.29. The van der Waals surface area contributed by atoms with Crippen LogP contribution in [0.2, 0.25) is 0 Å². The van der Waals surface area contributed by atoms with E-state index in [2.05, 4.69) is 4.90 Å². The van der Waals surface area contributed by atoms with Crippen LogP contribution in [0.15, 0.2) is 24.3 Å². The van der Waals surface area contributed by atoms with E-state index < -0.39 is 11.5 Å². The number of hydrogen-bond acceptors (Lipinski definition) is 5. The molecule has 7 heteroatoms. The predicted octanol–water partition coefficient (Wildman–Crippen LogP) is 0.481. The fraction of sp³-hybridized carbons (Fsp3) is 0.556. The molecular weight excluding hydrogens is 322 g/mol. The van der Waals surface area contributed by atoms with Crippen molar-refractivity contribution >= 4 is 11.8 Å². The second-order valence-corrected chi connectivity index (χ2v) is 6.77. The molecule has 0 radical (unpaired) electrons. The van der Waals surface area contributed by atoms with Gasteiger partial charge in [-0.25, -0.2) is 0 Å². The van der Waals surface area contributed by atoms with Crippen LogP contribution >= 0.6 is 0 Å². The number of nitrogens with two attached hydrogens (primary N) is 1. The van der Waals surface area contributed by atoms with E-state index in [0.29, 0.717) is 18.7 Å². The average molecular weight is 349 g/mol. The molecule has 1 atom stereocenters. The largest absolute Gasteiger partial charge is 0.382 e. The zero-order valence-electron chi connectivity index (χ0n) is 15.2. The van der Waals surface area contributed by atoms with Gasteiger partial charge >= 0.3 is 0 Å². The highest BCUT2D eigenvalue weighted by molar-refractivity contribution is 5.94. The number of benzene rings is 1. The summed E-state index contributed by atoms with van der Waals surface area (Å²) in [5.74, 6) is -0.552. The van der Waals surface area contributed by atoms with Gasteiger partial charge in [-0.05, 0) is 31.8 Å². The number of carbonyl (C=O) groups is 2. The van der Waals surface area contributed by atoms with Crippen LogP contribution in [0.25, 0.3) is 0 Å². The second-order valence-electron chi connectivity index (χ2n) is 6.77. The molecule has 2 rings (SSSR count). The molecule has 0 unspecified atom stereocenters. The zero-order valence-corrected chi connectivity index (χ0v) is 15.2. The lowest BCUT2D eigenvalue weighted by Crippen LogP contribution is -2.57. The van der Waals surface area contributed by atoms with Crippen molar-refractivity contribution in [2.24, 2.45) is 5.73 Å². The van der Waals surface area contributed by atoms with Crippen LogP contribution in [0, 0.1) is 0 Å². The Labute approximate surface area is 148 Å². The highest BCUT2D eigenvalue weighted by atomic mass is 16.5. The van der Waals surface area contributed by atoms with Crippen molar-refractivity contribution in [3.05, 3.63) is 35.4 Å². The Balaban J connectivity index is 2.11. The SMILES string of the molecule is COC[C@]1(CC(N)=O)CN(C(=O)c2ccc(CN(C)C)cc2)CCO1. The molecule has 0 aliphatic carbocycles. The molecule has 1 heterocycles. The van der Waals surface area contributed by atoms with Crippen LogP contribution < -0.4 is 5.73 Å². The van der Waals surface area contributed by atoms with Gasteiger partial charge in [-0.3, -0.25) is 9.59 Å². The third-order valence-electron chi connectivity index (χ3n) is 4.14. The summed E-state index contributed by atoms with van der Waals surface area (Å²) in [7, 11) is 5.54. The molecule has 1 aliphatic heterocycles. The summed E-state index contributed by atoms with van der Waals surface area (Å²) in [5, 5.41) is 0. The van der Waals surface area contributed by atoms with Gasteiger partial charge in [0.1, 0.15) is 5.60 Å². The van der Waals surface area contributed by atoms with Crippen molar-refractivity contribution in [1.29, 1.82) is 0 Å². The summed E-state index contributed by atoms with van der Waals surface area (Å²) in [5.41, 5.74) is 6.23. The Hall–Kier alpha value is -1.96. The van der Waals surface area contributed by atoms with Gasteiger partial charge in [-0.15, -0.1) is 0 Å². The van der Waals surface area contributed by atoms with Crippen LogP contribution in [-0.2, 0) is 20.8 Å². The number of nitrogens with zero attached hydrogens (tertiary/aromatic N) is 2. The fourth-order valence-electron chi connectivity index (χ4n) is 3.14. The number of primary amides is 1. The molecule has 0 bridgehead atoms. The molecule has 0 saturated carbocycles. The van der Waals surface area contributed by atoms with Crippen LogP contribution in [-0.4, -0.2) is 74.7 Å². The van der Waals surface area contributed by atoms with Crippen molar-refractivity contribution in [1.82, 2.24) is 9.80 Å². The molecule has 1 aromatic carbocycles. The third kappa shape index (κ3) is 5.26. The smallest absolute Gasteiger partial charge is 0.254 e. The van der Waals surface area contributed by atoms with Crippen LogP contribution in [0.3, 0.4) is 0 Å². The zero-order chi connectivity index (χ0) is 18.4. The first-order valence-electron chi connectivity index (χ1n) is 8.29. The van der Waals surface area contributed by atoms with Crippen molar-refractivity contribution in [3.8, 4) is 0 Å². The molecule has 0 aromatic heterocycles. The first-order chi connectivity index (χ1) is 11.8. The lowest BCUT2D eigenvalue weighted by atomic mass is 9.97. The molecule has 25 heavy (non-hydrogen) atoms. The van der Waals surface area contributed by atoms with Gasteiger partial charge in [0.15, 0.2) is 0 Å². The molecule has 1 aliphatic rings. The third-order valence-corrected chi connectivity index (χ3v) is 4.14. The Kier molecular flexibility index (Phi) is 6.52. The van der Waals surface area contributed by atoms with Gasteiger partial charge in [0.25, 0.3) is 5.91 Å². The minimum absolute atomic E-state index is 0.0202. The number of hydrogen-bond donors (Lipinski definition) is 1. The van der Waals surface area contributed by atoms with E-state index in [1.54, 1.807) is 4.90 Å². The molecular formula is C18H27N3O4. The van der Waals surface area contributed by atoms with Crippen molar-refractivity contribution in [2.45, 2.75) is 18.6 Å². The Bertz CT molecular complexity index is 599. The van der Waals surface area contributed by atoms with Crippen molar-refractivity contribution in [2.75, 3.05) is 47.5 Å². The number of morpholine rings is 1. The highest BCUT2D eigenvalue weighted by Crippen LogP contribution is 2.24. The topological polar surface area (TPSA) is 85.1 Å². The van der Waals surface area contributed by atoms with E-state index in [4.69, 9.17) is 15.2 Å². The number of carbonyl (C=O) groups excluding carboxylic acids is 2. The van der Waals surface area contributed by atoms with Gasteiger partial charge in [-0.1, -0.05) is 12.1 Å². The molecule has 2 amide bonds. The lowest BCUT2D eigenvalue weighted by molar-refractivity contribution is -0.148. The van der Waals surface area contributed by atoms with Gasteiger partial charge in [0, 0.05) is 25.8 Å². The maximum absolute atomic E-state index is 12.8. The summed E-state index contributed by atoms with van der Waals surface area (Å²) in [6.07, 6.45) is 0.0202. The minimum atomic E-state index is -0.876. The van der Waals surface area contributed by atoms with Gasteiger partial charge in [0.05, 0.1) is 26.2 Å². The Morgan fingerprint density at radius 1 is 1.32 bits per heavy atom. The maximum atomic E-state index is 12.8. The quantitative estimate of drug-likeness (QED) is 0.774. The second kappa shape index (κ2) is 8.42. The molecule has 1 aromatic rings. The molecule has 2 N–H and O–H groups in total. The number of ether oxygens (including phenoxy) is 2. The Morgan fingerprint density at radius 2 is 2.00 bits per heavy atom. The number of amides is 2. The van der Waals surface area contributed by atoms with Gasteiger partial charge in [-0.2, -0.15) is 0 Å². The summed E-state index contributed by atoms with van der Waals surface area (Å²) in [6, 6.07) is 7.59. The maximum Gasteiger partial charge on any atom is 0.254 e. The molecule has 1 fully saturated rings. The molecule has 7 nitrogen and oxygen atoms in total. The van der Waals surface area contributed by atoms with Crippen molar-refractivity contribution in [3.63, 3.8) is 0 Å². The van der Waals surface area contributed by atoms with E-state index in [1.807, 2.05) is 38.4 Å². The summed E-state index contributed by atoms with van der Waals surface area (Å²) >= 11 is 0. The molecule has 1 saturated heterocycles. The molecule has 0 spiro atoms. The fourth-order valence-corrected chi connectivity index (χ4v) is 3.14. The minimum Gasteiger partial charge on any atom is -0.382 e. The molecule has 138 valence electrons. The van der Waals surface area contributed by atoms with E-state index in [1.165, 1.54) is 7.11 Å². The monoisotopic (exact) mass is 349 g/mol. The standard InChI is InChI=1S/C18H27N3O4/c1-20(2)11-14-4-6-15(7-5-14)17(23)21-8-9-25-18(12-21,13-24-3)10-16(19)22/h4-7H,8-13H2,1-3H3,(H2,19,22)/t18-/m0/s1. The van der Waals surface area contributed by atoms with Crippen molar-refractivity contribution < 1.29 is 19.1 Å².